The molecule has 0 aliphatic carbocycles. The van der Waals surface area contributed by atoms with Gasteiger partial charge in [0.05, 0.1) is 6.10 Å². The van der Waals surface area contributed by atoms with E-state index in [-0.39, 0.29) is 12.0 Å². The Morgan fingerprint density at radius 3 is 2.55 bits per heavy atom. The van der Waals surface area contributed by atoms with E-state index in [4.69, 9.17) is 16.2 Å². The first-order valence-electron chi connectivity index (χ1n) is 8.04. The molecule has 2 rings (SSSR count). The topological polar surface area (TPSA) is 81.6 Å². The van der Waals surface area contributed by atoms with E-state index in [1.807, 2.05) is 36.1 Å². The van der Waals surface area contributed by atoms with Gasteiger partial charge in [-0.05, 0) is 38.3 Å². The number of nitrogens with zero attached hydrogens (tertiary/aromatic N) is 1. The highest BCUT2D eigenvalue weighted by Gasteiger charge is 2.27. The van der Waals surface area contributed by atoms with Crippen LogP contribution in [0.1, 0.15) is 36.4 Å². The molecule has 1 aliphatic rings. The molecule has 1 atom stereocenters. The molecule has 5 nitrogen and oxygen atoms in total. The molecule has 1 amide bonds. The van der Waals surface area contributed by atoms with Crippen molar-refractivity contribution >= 4 is 5.91 Å². The van der Waals surface area contributed by atoms with E-state index in [1.165, 1.54) is 5.56 Å². The zero-order chi connectivity index (χ0) is 15.9. The molecule has 122 valence electrons. The van der Waals surface area contributed by atoms with E-state index in [0.717, 1.165) is 24.8 Å². The van der Waals surface area contributed by atoms with Crippen molar-refractivity contribution in [1.82, 2.24) is 4.90 Å². The maximum absolute atomic E-state index is 12.5. The molecule has 1 unspecified atom stereocenters. The van der Waals surface area contributed by atoms with Crippen LogP contribution in [0.2, 0.25) is 0 Å². The van der Waals surface area contributed by atoms with Crippen LogP contribution in [0.4, 0.5) is 0 Å². The summed E-state index contributed by atoms with van der Waals surface area (Å²) >= 11 is 0. The molecule has 0 radical (unpaired) electrons. The van der Waals surface area contributed by atoms with Crippen LogP contribution in [-0.2, 0) is 9.53 Å². The Kier molecular flexibility index (Phi) is 6.36. The first-order chi connectivity index (χ1) is 10.6. The van der Waals surface area contributed by atoms with Crippen LogP contribution in [0.3, 0.4) is 0 Å². The van der Waals surface area contributed by atoms with Gasteiger partial charge in [-0.1, -0.05) is 29.8 Å². The predicted octanol–water partition coefficient (Wildman–Crippen LogP) is 1.35. The minimum Gasteiger partial charge on any atom is -0.378 e. The standard InChI is InChI=1S/C17H27N3O2/c1-13-3-5-14(6-4-13)16(19)17(21)20-10-7-15(8-11-20)22-12-2-9-18/h3-6,15-16H,2,7-12,18-19H2,1H3. The summed E-state index contributed by atoms with van der Waals surface area (Å²) in [5.41, 5.74) is 13.6. The molecule has 1 aromatic rings. The van der Waals surface area contributed by atoms with Gasteiger partial charge in [0.1, 0.15) is 6.04 Å². The molecular formula is C17H27N3O2. The third-order valence-corrected chi connectivity index (χ3v) is 4.16. The SMILES string of the molecule is Cc1ccc(C(N)C(=O)N2CCC(OCCCN)CC2)cc1. The van der Waals surface area contributed by atoms with Crippen LogP contribution < -0.4 is 11.5 Å². The second-order valence-corrected chi connectivity index (χ2v) is 5.93. The van der Waals surface area contributed by atoms with Gasteiger partial charge in [0.2, 0.25) is 5.91 Å². The Balaban J connectivity index is 1.82. The van der Waals surface area contributed by atoms with Crippen LogP contribution >= 0.6 is 0 Å². The fourth-order valence-electron chi connectivity index (χ4n) is 2.69. The van der Waals surface area contributed by atoms with E-state index >= 15 is 0 Å². The van der Waals surface area contributed by atoms with Gasteiger partial charge in [0.15, 0.2) is 0 Å². The fraction of sp³-hybridized carbons (Fsp3) is 0.588. The van der Waals surface area contributed by atoms with Crippen LogP contribution in [-0.4, -0.2) is 43.2 Å². The normalized spacial score (nSPS) is 17.5. The Bertz CT molecular complexity index is 467. The van der Waals surface area contributed by atoms with Crippen molar-refractivity contribution in [3.63, 3.8) is 0 Å². The van der Waals surface area contributed by atoms with Crippen molar-refractivity contribution in [2.45, 2.75) is 38.3 Å². The number of likely N-dealkylation sites (tertiary alicyclic amines) is 1. The molecule has 0 aromatic heterocycles. The summed E-state index contributed by atoms with van der Waals surface area (Å²) in [6.45, 7) is 4.81. The highest BCUT2D eigenvalue weighted by atomic mass is 16.5. The van der Waals surface area contributed by atoms with Gasteiger partial charge in [-0.25, -0.2) is 0 Å². The average Bonchev–Trinajstić information content (AvgIpc) is 2.55. The molecule has 1 fully saturated rings. The lowest BCUT2D eigenvalue weighted by Crippen LogP contribution is -2.45. The smallest absolute Gasteiger partial charge is 0.244 e. The van der Waals surface area contributed by atoms with Crippen LogP contribution in [0, 0.1) is 6.92 Å². The Morgan fingerprint density at radius 2 is 1.95 bits per heavy atom. The van der Waals surface area contributed by atoms with Crippen molar-refractivity contribution < 1.29 is 9.53 Å². The van der Waals surface area contributed by atoms with E-state index < -0.39 is 6.04 Å². The lowest BCUT2D eigenvalue weighted by atomic mass is 10.0. The van der Waals surface area contributed by atoms with Gasteiger partial charge < -0.3 is 21.1 Å². The summed E-state index contributed by atoms with van der Waals surface area (Å²) in [6.07, 6.45) is 2.87. The van der Waals surface area contributed by atoms with E-state index in [1.54, 1.807) is 0 Å². The molecule has 22 heavy (non-hydrogen) atoms. The lowest BCUT2D eigenvalue weighted by molar-refractivity contribution is -0.135. The maximum Gasteiger partial charge on any atom is 0.244 e. The third kappa shape index (κ3) is 4.53. The van der Waals surface area contributed by atoms with Gasteiger partial charge in [-0.3, -0.25) is 4.79 Å². The monoisotopic (exact) mass is 305 g/mol. The molecule has 5 heteroatoms. The van der Waals surface area contributed by atoms with Gasteiger partial charge in [0, 0.05) is 19.7 Å². The maximum atomic E-state index is 12.5. The Labute approximate surface area is 132 Å². The summed E-state index contributed by atoms with van der Waals surface area (Å²) < 4.78 is 5.76. The van der Waals surface area contributed by atoms with Crippen molar-refractivity contribution in [2.24, 2.45) is 11.5 Å². The van der Waals surface area contributed by atoms with Crippen molar-refractivity contribution in [1.29, 1.82) is 0 Å². The molecular weight excluding hydrogens is 278 g/mol. The predicted molar refractivity (Wildman–Crippen MR) is 87.3 cm³/mol. The van der Waals surface area contributed by atoms with Gasteiger partial charge in [0.25, 0.3) is 0 Å². The average molecular weight is 305 g/mol. The summed E-state index contributed by atoms with van der Waals surface area (Å²) in [7, 11) is 0. The summed E-state index contributed by atoms with van der Waals surface area (Å²) in [6, 6.07) is 7.26. The largest absolute Gasteiger partial charge is 0.378 e. The van der Waals surface area contributed by atoms with Crippen LogP contribution in [0.25, 0.3) is 0 Å². The number of ether oxygens (including phenoxy) is 1. The number of hydrogen-bond donors (Lipinski definition) is 2. The molecule has 0 saturated carbocycles. The number of piperidine rings is 1. The number of rotatable bonds is 6. The molecule has 1 heterocycles. The fourth-order valence-corrected chi connectivity index (χ4v) is 2.69. The summed E-state index contributed by atoms with van der Waals surface area (Å²) in [5, 5.41) is 0. The zero-order valence-corrected chi connectivity index (χ0v) is 13.3. The van der Waals surface area contributed by atoms with Gasteiger partial charge in [-0.2, -0.15) is 0 Å². The number of hydrogen-bond acceptors (Lipinski definition) is 4. The van der Waals surface area contributed by atoms with Gasteiger partial charge in [-0.15, -0.1) is 0 Å². The third-order valence-electron chi connectivity index (χ3n) is 4.16. The number of carbonyl (C=O) groups excluding carboxylic acids is 1. The number of nitrogens with two attached hydrogens (primary N) is 2. The second-order valence-electron chi connectivity index (χ2n) is 5.93. The Morgan fingerprint density at radius 1 is 1.32 bits per heavy atom. The molecule has 1 aliphatic heterocycles. The van der Waals surface area contributed by atoms with Crippen molar-refractivity contribution in [3.8, 4) is 0 Å². The minimum absolute atomic E-state index is 0.00395. The van der Waals surface area contributed by atoms with E-state index in [0.29, 0.717) is 26.2 Å². The number of aryl methyl sites for hydroxylation is 1. The highest BCUT2D eigenvalue weighted by Crippen LogP contribution is 2.19. The van der Waals surface area contributed by atoms with E-state index in [9.17, 15) is 4.79 Å². The second kappa shape index (κ2) is 8.27. The van der Waals surface area contributed by atoms with Crippen LogP contribution in [0.15, 0.2) is 24.3 Å². The van der Waals surface area contributed by atoms with Crippen molar-refractivity contribution in [3.05, 3.63) is 35.4 Å². The first kappa shape index (κ1) is 16.9. The minimum atomic E-state index is -0.574. The summed E-state index contributed by atoms with van der Waals surface area (Å²) in [5.74, 6) is 0.00395. The number of amides is 1. The van der Waals surface area contributed by atoms with E-state index in [2.05, 4.69) is 0 Å². The number of carbonyl (C=O) groups is 1. The molecule has 1 saturated heterocycles. The molecule has 4 N–H and O–H groups in total. The Hall–Kier alpha value is -1.43. The molecule has 0 bridgehead atoms. The summed E-state index contributed by atoms with van der Waals surface area (Å²) in [4.78, 5) is 14.3. The van der Waals surface area contributed by atoms with Crippen molar-refractivity contribution in [2.75, 3.05) is 26.2 Å². The van der Waals surface area contributed by atoms with Gasteiger partial charge >= 0.3 is 0 Å². The quantitative estimate of drug-likeness (QED) is 0.777. The van der Waals surface area contributed by atoms with Crippen LogP contribution in [0.5, 0.6) is 0 Å². The number of benzene rings is 1. The molecule has 1 aromatic carbocycles. The lowest BCUT2D eigenvalue weighted by Gasteiger charge is -2.33. The molecule has 0 spiro atoms. The zero-order valence-electron chi connectivity index (χ0n) is 13.3. The highest BCUT2D eigenvalue weighted by molar-refractivity contribution is 5.83. The first-order valence-corrected chi connectivity index (χ1v) is 8.04.